The van der Waals surface area contributed by atoms with Crippen molar-refractivity contribution in [2.75, 3.05) is 0 Å². The van der Waals surface area contributed by atoms with Crippen LogP contribution in [-0.2, 0) is 6.42 Å². The highest BCUT2D eigenvalue weighted by Crippen LogP contribution is 2.32. The molecule has 192 valence electrons. The number of allylic oxidation sites excluding steroid dienone is 1. The molecule has 0 aliphatic heterocycles. The summed E-state index contributed by atoms with van der Waals surface area (Å²) in [5.41, 5.74) is -1.62. The Hall–Kier alpha value is -4.02. The summed E-state index contributed by atoms with van der Waals surface area (Å²) in [5.74, 6) is -24.7. The third-order valence-corrected chi connectivity index (χ3v) is 6.42. The Morgan fingerprint density at radius 2 is 0.921 bits per heavy atom. The van der Waals surface area contributed by atoms with E-state index in [-0.39, 0.29) is 11.9 Å². The Labute approximate surface area is 208 Å². The quantitative estimate of drug-likeness (QED) is 0.121. The van der Waals surface area contributed by atoms with Gasteiger partial charge in [0.2, 0.25) is 0 Å². The van der Waals surface area contributed by atoms with Crippen LogP contribution in [0, 0.1) is 58.2 Å². The standard InChI is InChI=1S/C27H11BF10/c29-18-16(19(30)23(34)26(37)22(18)33)28(17-20(31)24(35)27(38)25(36)21(17)32)15-9-13-7-6-12(8-14(13)10-15)11-4-2-1-3-5-11/h1-9H,10H2. The lowest BCUT2D eigenvalue weighted by atomic mass is 9.35. The molecule has 0 aromatic heterocycles. The van der Waals surface area contributed by atoms with Gasteiger partial charge in [-0.2, -0.15) is 0 Å². The summed E-state index contributed by atoms with van der Waals surface area (Å²) < 4.78 is 144. The third kappa shape index (κ3) is 3.88. The highest BCUT2D eigenvalue weighted by atomic mass is 19.2. The molecular weight excluding hydrogens is 525 g/mol. The molecule has 4 aromatic rings. The van der Waals surface area contributed by atoms with Crippen molar-refractivity contribution in [2.45, 2.75) is 6.42 Å². The molecule has 4 aromatic carbocycles. The van der Waals surface area contributed by atoms with Crippen LogP contribution in [0.25, 0.3) is 17.2 Å². The highest BCUT2D eigenvalue weighted by molar-refractivity contribution is 6.91. The van der Waals surface area contributed by atoms with E-state index < -0.39 is 75.8 Å². The molecular formula is C27H11BF10. The maximum absolute atomic E-state index is 14.9. The lowest BCUT2D eigenvalue weighted by molar-refractivity contribution is 0.382. The van der Waals surface area contributed by atoms with E-state index in [2.05, 4.69) is 0 Å². The summed E-state index contributed by atoms with van der Waals surface area (Å²) in [7, 11) is 0. The summed E-state index contributed by atoms with van der Waals surface area (Å²) in [6.45, 7) is -2.54. The van der Waals surface area contributed by atoms with Gasteiger partial charge < -0.3 is 0 Å². The molecule has 0 unspecified atom stereocenters. The van der Waals surface area contributed by atoms with Crippen LogP contribution in [0.2, 0.25) is 0 Å². The van der Waals surface area contributed by atoms with Gasteiger partial charge in [0.05, 0.1) is 0 Å². The Morgan fingerprint density at radius 3 is 1.39 bits per heavy atom. The molecule has 1 aliphatic carbocycles. The number of benzene rings is 4. The first-order valence-corrected chi connectivity index (χ1v) is 10.9. The SMILES string of the molecule is Fc1c(F)c(F)c(B(C2=Cc3ccc(-c4ccccc4)cc3C2)c2c(F)c(F)c(F)c(F)c2F)c(F)c1F. The Morgan fingerprint density at radius 1 is 0.474 bits per heavy atom. The molecule has 0 atom stereocenters. The Kier molecular flexibility index (Phi) is 6.32. The predicted octanol–water partition coefficient (Wildman–Crippen LogP) is 6.53. The molecule has 0 N–H and O–H groups in total. The molecule has 0 spiro atoms. The van der Waals surface area contributed by atoms with E-state index in [9.17, 15) is 43.9 Å². The topological polar surface area (TPSA) is 0 Å². The summed E-state index contributed by atoms with van der Waals surface area (Å²) in [6, 6.07) is 13.7. The molecule has 1 aliphatic rings. The van der Waals surface area contributed by atoms with Crippen LogP contribution in [0.1, 0.15) is 11.1 Å². The first-order chi connectivity index (χ1) is 18.0. The van der Waals surface area contributed by atoms with Gasteiger partial charge in [-0.1, -0.05) is 60.1 Å². The van der Waals surface area contributed by atoms with E-state index in [0.29, 0.717) is 16.7 Å². The summed E-state index contributed by atoms with van der Waals surface area (Å²) >= 11 is 0. The fraction of sp³-hybridized carbons (Fsp3) is 0.0370. The summed E-state index contributed by atoms with van der Waals surface area (Å²) in [6.07, 6.45) is 0.810. The smallest absolute Gasteiger partial charge is 0.204 e. The van der Waals surface area contributed by atoms with Crippen molar-refractivity contribution < 1.29 is 43.9 Å². The number of fused-ring (bicyclic) bond motifs is 1. The van der Waals surface area contributed by atoms with Crippen molar-refractivity contribution in [1.82, 2.24) is 0 Å². The van der Waals surface area contributed by atoms with Gasteiger partial charge in [0.15, 0.2) is 58.2 Å². The van der Waals surface area contributed by atoms with E-state index in [1.165, 1.54) is 0 Å². The van der Waals surface area contributed by atoms with Gasteiger partial charge in [0.1, 0.15) is 0 Å². The highest BCUT2D eigenvalue weighted by Gasteiger charge is 2.42. The first kappa shape index (κ1) is 25.6. The van der Waals surface area contributed by atoms with E-state index in [1.54, 1.807) is 48.5 Å². The summed E-state index contributed by atoms with van der Waals surface area (Å²) in [4.78, 5) is 0. The molecule has 38 heavy (non-hydrogen) atoms. The van der Waals surface area contributed by atoms with Crippen LogP contribution in [-0.4, -0.2) is 6.71 Å². The lowest BCUT2D eigenvalue weighted by Gasteiger charge is -2.20. The zero-order valence-electron chi connectivity index (χ0n) is 18.8. The van der Waals surface area contributed by atoms with Gasteiger partial charge in [0.25, 0.3) is 6.71 Å². The van der Waals surface area contributed by atoms with Gasteiger partial charge in [-0.3, -0.25) is 0 Å². The van der Waals surface area contributed by atoms with Gasteiger partial charge in [-0.05, 0) is 28.7 Å². The van der Waals surface area contributed by atoms with Gasteiger partial charge >= 0.3 is 0 Å². The van der Waals surface area contributed by atoms with E-state index in [0.717, 1.165) is 11.6 Å². The fourth-order valence-corrected chi connectivity index (χ4v) is 4.63. The van der Waals surface area contributed by atoms with Gasteiger partial charge in [-0.15, -0.1) is 0 Å². The monoisotopic (exact) mass is 536 g/mol. The molecule has 0 radical (unpaired) electrons. The number of rotatable bonds is 4. The van der Waals surface area contributed by atoms with Crippen LogP contribution in [0.4, 0.5) is 43.9 Å². The maximum Gasteiger partial charge on any atom is 0.253 e. The fourth-order valence-electron chi connectivity index (χ4n) is 4.63. The van der Waals surface area contributed by atoms with Crippen molar-refractivity contribution in [3.63, 3.8) is 0 Å². The number of hydrogen-bond acceptors (Lipinski definition) is 0. The molecule has 0 fully saturated rings. The molecule has 0 amide bonds. The van der Waals surface area contributed by atoms with Crippen LogP contribution < -0.4 is 10.9 Å². The minimum absolute atomic E-state index is 0.348. The zero-order valence-corrected chi connectivity index (χ0v) is 18.8. The van der Waals surface area contributed by atoms with Crippen LogP contribution in [0.3, 0.4) is 0 Å². The molecule has 5 rings (SSSR count). The summed E-state index contributed by atoms with van der Waals surface area (Å²) in [5, 5.41) is 0. The van der Waals surface area contributed by atoms with Crippen LogP contribution in [0.5, 0.6) is 0 Å². The van der Waals surface area contributed by atoms with Crippen LogP contribution >= 0.6 is 0 Å². The van der Waals surface area contributed by atoms with Crippen molar-refractivity contribution in [3.05, 3.63) is 123 Å². The van der Waals surface area contributed by atoms with Gasteiger partial charge in [0, 0.05) is 10.9 Å². The molecule has 11 heteroatoms. The molecule has 0 heterocycles. The van der Waals surface area contributed by atoms with E-state index >= 15 is 0 Å². The number of hydrogen-bond donors (Lipinski definition) is 0. The molecule has 0 bridgehead atoms. The first-order valence-electron chi connectivity index (χ1n) is 10.9. The minimum atomic E-state index is -2.55. The minimum Gasteiger partial charge on any atom is -0.204 e. The lowest BCUT2D eigenvalue weighted by Crippen LogP contribution is -2.52. The normalized spacial score (nSPS) is 12.5. The third-order valence-electron chi connectivity index (χ3n) is 6.42. The second-order valence-corrected chi connectivity index (χ2v) is 8.58. The van der Waals surface area contributed by atoms with Crippen LogP contribution in [0.15, 0.2) is 54.0 Å². The second kappa shape index (κ2) is 9.38. The van der Waals surface area contributed by atoms with Crippen molar-refractivity contribution in [1.29, 1.82) is 0 Å². The van der Waals surface area contributed by atoms with E-state index in [4.69, 9.17) is 0 Å². The predicted molar refractivity (Wildman–Crippen MR) is 121 cm³/mol. The van der Waals surface area contributed by atoms with Crippen molar-refractivity contribution in [2.24, 2.45) is 0 Å². The van der Waals surface area contributed by atoms with Crippen molar-refractivity contribution >= 4 is 23.7 Å². The maximum atomic E-state index is 14.9. The second-order valence-electron chi connectivity index (χ2n) is 8.58. The van der Waals surface area contributed by atoms with E-state index in [1.807, 2.05) is 0 Å². The average Bonchev–Trinajstić information content (AvgIpc) is 3.35. The molecule has 0 saturated heterocycles. The van der Waals surface area contributed by atoms with Gasteiger partial charge in [-0.25, -0.2) is 43.9 Å². The largest absolute Gasteiger partial charge is 0.253 e. The number of halogens is 10. The zero-order chi connectivity index (χ0) is 27.5. The van der Waals surface area contributed by atoms with Crippen molar-refractivity contribution in [3.8, 4) is 11.1 Å². The Balaban J connectivity index is 1.75. The Bertz CT molecular complexity index is 1520. The molecule has 0 nitrogen and oxygen atoms in total. The average molecular weight is 536 g/mol. The molecule has 0 saturated carbocycles.